The second-order valence-electron chi connectivity index (χ2n) is 7.40. The molecular weight excluding hydrogens is 582 g/mol. The highest BCUT2D eigenvalue weighted by Crippen LogP contribution is 2.39. The van der Waals surface area contributed by atoms with Crippen molar-refractivity contribution >= 4 is 49.4 Å². The van der Waals surface area contributed by atoms with E-state index in [1.807, 2.05) is 6.07 Å². The Balaban J connectivity index is 1.91. The number of halogens is 1. The van der Waals surface area contributed by atoms with E-state index in [9.17, 15) is 28.6 Å². The number of rotatable bonds is 10. The topological polar surface area (TPSA) is 158 Å². The number of nitro benzene ring substituents is 1. The lowest BCUT2D eigenvalue weighted by Gasteiger charge is -2.14. The number of anilines is 1. The Bertz CT molecular complexity index is 1530. The van der Waals surface area contributed by atoms with Crippen molar-refractivity contribution < 1.29 is 31.8 Å². The largest absolute Gasteiger partial charge is 0.497 e. The van der Waals surface area contributed by atoms with Crippen LogP contribution in [0.2, 0.25) is 0 Å². The number of ether oxygens (including phenoxy) is 2. The Kier molecular flexibility index (Phi) is 9.06. The Morgan fingerprint density at radius 1 is 1.16 bits per heavy atom. The van der Waals surface area contributed by atoms with Crippen molar-refractivity contribution in [3.8, 4) is 23.3 Å². The first-order valence-electron chi connectivity index (χ1n) is 10.8. The summed E-state index contributed by atoms with van der Waals surface area (Å²) < 4.78 is 41.7. The third kappa shape index (κ3) is 6.87. The number of carbonyl (C=O) groups is 1. The smallest absolute Gasteiger partial charge is 0.339 e. The molecule has 3 rings (SSSR count). The zero-order valence-electron chi connectivity index (χ0n) is 20.0. The minimum Gasteiger partial charge on any atom is -0.497 e. The van der Waals surface area contributed by atoms with E-state index in [-0.39, 0.29) is 38.7 Å². The molecule has 11 nitrogen and oxygen atoms in total. The highest BCUT2D eigenvalue weighted by Gasteiger charge is 2.23. The van der Waals surface area contributed by atoms with Gasteiger partial charge in [0.2, 0.25) is 0 Å². The van der Waals surface area contributed by atoms with E-state index < -0.39 is 20.9 Å². The number of nitriles is 1. The van der Waals surface area contributed by atoms with Crippen LogP contribution in [0.3, 0.4) is 0 Å². The number of methoxy groups -OCH3 is 1. The molecule has 0 bridgehead atoms. The fourth-order valence-corrected chi connectivity index (χ4v) is 4.70. The Morgan fingerprint density at radius 2 is 1.82 bits per heavy atom. The molecule has 0 atom stereocenters. The summed E-state index contributed by atoms with van der Waals surface area (Å²) in [6.07, 6.45) is 1.31. The molecule has 0 unspecified atom stereocenters. The molecule has 0 aliphatic heterocycles. The van der Waals surface area contributed by atoms with E-state index in [0.717, 1.165) is 24.3 Å². The van der Waals surface area contributed by atoms with Crippen molar-refractivity contribution in [3.05, 3.63) is 86.4 Å². The van der Waals surface area contributed by atoms with Crippen LogP contribution >= 0.6 is 15.9 Å². The molecule has 0 saturated carbocycles. The lowest BCUT2D eigenvalue weighted by atomic mass is 10.1. The number of nitrogens with zero attached hydrogens (tertiary/aromatic N) is 2. The van der Waals surface area contributed by atoms with Gasteiger partial charge in [0.25, 0.3) is 11.6 Å². The summed E-state index contributed by atoms with van der Waals surface area (Å²) >= 11 is 3.26. The van der Waals surface area contributed by atoms with Crippen LogP contribution in [0.5, 0.6) is 17.2 Å². The molecule has 0 aliphatic rings. The van der Waals surface area contributed by atoms with Gasteiger partial charge < -0.3 is 19.0 Å². The molecule has 3 aromatic rings. The summed E-state index contributed by atoms with van der Waals surface area (Å²) in [6.45, 7) is 1.82. The molecule has 38 heavy (non-hydrogen) atoms. The molecule has 0 spiro atoms. The van der Waals surface area contributed by atoms with Crippen LogP contribution in [0.15, 0.2) is 75.6 Å². The molecule has 0 saturated heterocycles. The molecule has 196 valence electrons. The summed E-state index contributed by atoms with van der Waals surface area (Å²) in [5.74, 6) is -0.215. The van der Waals surface area contributed by atoms with E-state index in [4.69, 9.17) is 13.7 Å². The van der Waals surface area contributed by atoms with Gasteiger partial charge in [0.15, 0.2) is 11.5 Å². The Labute approximate surface area is 226 Å². The Morgan fingerprint density at radius 3 is 2.37 bits per heavy atom. The van der Waals surface area contributed by atoms with Gasteiger partial charge in [-0.05, 0) is 83.0 Å². The van der Waals surface area contributed by atoms with Crippen LogP contribution in [0, 0.1) is 21.4 Å². The normalized spacial score (nSPS) is 11.3. The molecule has 0 fully saturated rings. The average molecular weight is 602 g/mol. The highest BCUT2D eigenvalue weighted by atomic mass is 79.9. The number of carbonyl (C=O) groups excluding carboxylic acids is 1. The quantitative estimate of drug-likeness (QED) is 0.110. The highest BCUT2D eigenvalue weighted by molar-refractivity contribution is 9.10. The van der Waals surface area contributed by atoms with Crippen molar-refractivity contribution in [3.63, 3.8) is 0 Å². The predicted octanol–water partition coefficient (Wildman–Crippen LogP) is 5.08. The second kappa shape index (κ2) is 12.2. The number of amides is 1. The fraction of sp³-hybridized carbons (Fsp3) is 0.120. The molecule has 1 amide bonds. The van der Waals surface area contributed by atoms with E-state index in [0.29, 0.717) is 17.0 Å². The molecule has 0 radical (unpaired) electrons. The lowest BCUT2D eigenvalue weighted by molar-refractivity contribution is -0.384. The number of hydrogen-bond acceptors (Lipinski definition) is 9. The predicted molar refractivity (Wildman–Crippen MR) is 141 cm³/mol. The van der Waals surface area contributed by atoms with Crippen molar-refractivity contribution in [1.82, 2.24) is 0 Å². The van der Waals surface area contributed by atoms with Gasteiger partial charge in [0.1, 0.15) is 22.3 Å². The minimum atomic E-state index is -4.39. The standard InChI is InChI=1S/C25H20BrN3O8S/c1-3-36-23-14-16(12-17(15-27)25(30)28-18-4-8-20(35-2)9-5-18)13-22(26)24(23)37-38(33,34)21-10-6-19(7-11-21)29(31)32/h4-14H,3H2,1-2H3,(H,28,30)/b17-12+. The van der Waals surface area contributed by atoms with Crippen molar-refractivity contribution in [2.45, 2.75) is 11.8 Å². The number of nitro groups is 1. The van der Waals surface area contributed by atoms with Crippen LogP contribution in [0.25, 0.3) is 6.08 Å². The van der Waals surface area contributed by atoms with E-state index in [2.05, 4.69) is 21.2 Å². The first-order chi connectivity index (χ1) is 18.1. The van der Waals surface area contributed by atoms with Crippen LogP contribution in [0.4, 0.5) is 11.4 Å². The summed E-state index contributed by atoms with van der Waals surface area (Å²) in [5, 5.41) is 23.0. The van der Waals surface area contributed by atoms with Crippen LogP contribution in [-0.4, -0.2) is 33.0 Å². The van der Waals surface area contributed by atoms with Gasteiger partial charge in [-0.1, -0.05) is 0 Å². The lowest BCUT2D eigenvalue weighted by Crippen LogP contribution is -2.13. The molecule has 13 heteroatoms. The average Bonchev–Trinajstić information content (AvgIpc) is 2.89. The zero-order chi connectivity index (χ0) is 27.9. The molecule has 0 aromatic heterocycles. The second-order valence-corrected chi connectivity index (χ2v) is 9.80. The van der Waals surface area contributed by atoms with Crippen molar-refractivity contribution in [2.75, 3.05) is 19.0 Å². The SMILES string of the molecule is CCOc1cc(/C=C(\C#N)C(=O)Nc2ccc(OC)cc2)cc(Br)c1OS(=O)(=O)c1ccc([N+](=O)[O-])cc1. The first-order valence-corrected chi connectivity index (χ1v) is 13.0. The summed E-state index contributed by atoms with van der Waals surface area (Å²) in [7, 11) is -2.87. The molecule has 3 aromatic carbocycles. The van der Waals surface area contributed by atoms with Crippen LogP contribution < -0.4 is 19.0 Å². The number of non-ortho nitro benzene ring substituents is 1. The maximum Gasteiger partial charge on any atom is 0.339 e. The van der Waals surface area contributed by atoms with E-state index >= 15 is 0 Å². The summed E-state index contributed by atoms with van der Waals surface area (Å²) in [6, 6.07) is 15.4. The monoisotopic (exact) mass is 601 g/mol. The Hall–Kier alpha value is -4.41. The van der Waals surface area contributed by atoms with Gasteiger partial charge >= 0.3 is 10.1 Å². The number of nitrogens with one attached hydrogen (secondary N) is 1. The van der Waals surface area contributed by atoms with Gasteiger partial charge in [-0.15, -0.1) is 0 Å². The van der Waals surface area contributed by atoms with Crippen molar-refractivity contribution in [1.29, 1.82) is 5.26 Å². The minimum absolute atomic E-state index is 0.0199. The molecule has 0 heterocycles. The van der Waals surface area contributed by atoms with Gasteiger partial charge in [-0.25, -0.2) is 0 Å². The van der Waals surface area contributed by atoms with Crippen LogP contribution in [0.1, 0.15) is 12.5 Å². The zero-order valence-corrected chi connectivity index (χ0v) is 22.4. The summed E-state index contributed by atoms with van der Waals surface area (Å²) in [4.78, 5) is 22.5. The first kappa shape index (κ1) is 28.2. The maximum absolute atomic E-state index is 12.8. The molecular formula is C25H20BrN3O8S. The number of hydrogen-bond donors (Lipinski definition) is 1. The third-order valence-corrected chi connectivity index (χ3v) is 6.71. The third-order valence-electron chi connectivity index (χ3n) is 4.88. The maximum atomic E-state index is 12.8. The van der Waals surface area contributed by atoms with E-state index in [1.54, 1.807) is 31.2 Å². The fourth-order valence-electron chi connectivity index (χ4n) is 3.10. The summed E-state index contributed by atoms with van der Waals surface area (Å²) in [5.41, 5.74) is 0.304. The van der Waals surface area contributed by atoms with Gasteiger partial charge in [-0.3, -0.25) is 14.9 Å². The van der Waals surface area contributed by atoms with E-state index in [1.165, 1.54) is 25.3 Å². The molecule has 1 N–H and O–H groups in total. The van der Waals surface area contributed by atoms with Gasteiger partial charge in [0.05, 0.1) is 23.1 Å². The molecule has 0 aliphatic carbocycles. The van der Waals surface area contributed by atoms with Gasteiger partial charge in [-0.2, -0.15) is 13.7 Å². The number of benzene rings is 3. The van der Waals surface area contributed by atoms with Gasteiger partial charge in [0, 0.05) is 17.8 Å². The van der Waals surface area contributed by atoms with Crippen molar-refractivity contribution in [2.24, 2.45) is 0 Å². The van der Waals surface area contributed by atoms with Crippen LogP contribution in [-0.2, 0) is 14.9 Å².